The first-order chi connectivity index (χ1) is 5.66. The van der Waals surface area contributed by atoms with E-state index in [9.17, 15) is 0 Å². The summed E-state index contributed by atoms with van der Waals surface area (Å²) in [7, 11) is 0. The van der Waals surface area contributed by atoms with Crippen LogP contribution in [0.3, 0.4) is 0 Å². The van der Waals surface area contributed by atoms with E-state index >= 15 is 0 Å². The van der Waals surface area contributed by atoms with Crippen LogP contribution in [0, 0.1) is 11.8 Å². The van der Waals surface area contributed by atoms with Crippen molar-refractivity contribution in [2.24, 2.45) is 0 Å². The maximum Gasteiger partial charge on any atom is 0.108 e. The van der Waals surface area contributed by atoms with Crippen molar-refractivity contribution in [2.75, 3.05) is 6.61 Å². The predicted octanol–water partition coefficient (Wildman–Crippen LogP) is 1.35. The Morgan fingerprint density at radius 1 is 1.42 bits per heavy atom. The van der Waals surface area contributed by atoms with Gasteiger partial charge in [0.15, 0.2) is 0 Å². The van der Waals surface area contributed by atoms with Gasteiger partial charge in [-0.3, -0.25) is 0 Å². The van der Waals surface area contributed by atoms with Gasteiger partial charge in [-0.25, -0.2) is 0 Å². The summed E-state index contributed by atoms with van der Waals surface area (Å²) in [5.41, 5.74) is 0. The highest BCUT2D eigenvalue weighted by atomic mass is 16.5. The molecule has 0 unspecified atom stereocenters. The number of ether oxygens (including phenoxy) is 1. The highest BCUT2D eigenvalue weighted by Crippen LogP contribution is 1.93. The van der Waals surface area contributed by atoms with Gasteiger partial charge in [0, 0.05) is 0 Å². The lowest BCUT2D eigenvalue weighted by atomic mass is 10.3. The molecule has 2 nitrogen and oxygen atoms in total. The SMILES string of the molecule is CC#CCO[C@@H](C)/C=C\[C@H](C)O. The normalized spacial score (nSPS) is 15.3. The van der Waals surface area contributed by atoms with E-state index in [4.69, 9.17) is 9.84 Å². The van der Waals surface area contributed by atoms with E-state index in [1.807, 2.05) is 13.0 Å². The fourth-order valence-electron chi connectivity index (χ4n) is 0.618. The fraction of sp³-hybridized carbons (Fsp3) is 0.600. The van der Waals surface area contributed by atoms with Crippen LogP contribution >= 0.6 is 0 Å². The topological polar surface area (TPSA) is 29.5 Å². The van der Waals surface area contributed by atoms with E-state index in [0.29, 0.717) is 6.61 Å². The molecular weight excluding hydrogens is 152 g/mol. The minimum atomic E-state index is -0.409. The van der Waals surface area contributed by atoms with Gasteiger partial charge < -0.3 is 9.84 Å². The standard InChI is InChI=1S/C10H16O2/c1-4-5-8-12-10(3)7-6-9(2)11/h6-7,9-11H,8H2,1-3H3/b7-6-/t9-,10-/m0/s1. The molecule has 0 aliphatic carbocycles. The Morgan fingerprint density at radius 2 is 2.08 bits per heavy atom. The Kier molecular flexibility index (Phi) is 6.45. The van der Waals surface area contributed by atoms with Gasteiger partial charge in [-0.2, -0.15) is 0 Å². The molecule has 0 heterocycles. The van der Waals surface area contributed by atoms with E-state index in [2.05, 4.69) is 11.8 Å². The van der Waals surface area contributed by atoms with Gasteiger partial charge in [-0.15, -0.1) is 5.92 Å². The summed E-state index contributed by atoms with van der Waals surface area (Å²) in [5.74, 6) is 5.54. The second-order valence-corrected chi connectivity index (χ2v) is 2.57. The highest BCUT2D eigenvalue weighted by Gasteiger charge is 1.94. The zero-order chi connectivity index (χ0) is 9.40. The molecule has 0 aromatic heterocycles. The second kappa shape index (κ2) is 6.90. The van der Waals surface area contributed by atoms with Crippen molar-refractivity contribution in [1.29, 1.82) is 0 Å². The summed E-state index contributed by atoms with van der Waals surface area (Å²) in [4.78, 5) is 0. The Balaban J connectivity index is 3.56. The molecule has 0 aromatic carbocycles. The highest BCUT2D eigenvalue weighted by molar-refractivity contribution is 4.96. The molecular formula is C10H16O2. The van der Waals surface area contributed by atoms with Gasteiger partial charge in [0.1, 0.15) is 6.61 Å². The van der Waals surface area contributed by atoms with E-state index in [0.717, 1.165) is 0 Å². The number of aliphatic hydroxyl groups is 1. The van der Waals surface area contributed by atoms with Crippen LogP contribution in [-0.2, 0) is 4.74 Å². The summed E-state index contributed by atoms with van der Waals surface area (Å²) < 4.78 is 5.26. The van der Waals surface area contributed by atoms with Crippen molar-refractivity contribution in [1.82, 2.24) is 0 Å². The minimum absolute atomic E-state index is 0.0143. The van der Waals surface area contributed by atoms with Crippen LogP contribution in [0.4, 0.5) is 0 Å². The summed E-state index contributed by atoms with van der Waals surface area (Å²) in [6.45, 7) is 5.84. The lowest BCUT2D eigenvalue weighted by Gasteiger charge is -2.04. The molecule has 0 radical (unpaired) electrons. The van der Waals surface area contributed by atoms with Gasteiger partial charge >= 0.3 is 0 Å². The van der Waals surface area contributed by atoms with Crippen molar-refractivity contribution >= 4 is 0 Å². The van der Waals surface area contributed by atoms with Crippen LogP contribution in [0.2, 0.25) is 0 Å². The van der Waals surface area contributed by atoms with Gasteiger partial charge in [0.05, 0.1) is 12.2 Å². The van der Waals surface area contributed by atoms with Crippen LogP contribution in [0.5, 0.6) is 0 Å². The Hall–Kier alpha value is -0.780. The maximum absolute atomic E-state index is 8.90. The molecule has 0 aliphatic heterocycles. The van der Waals surface area contributed by atoms with Crippen LogP contribution in [0.15, 0.2) is 12.2 Å². The smallest absolute Gasteiger partial charge is 0.108 e. The van der Waals surface area contributed by atoms with Crippen LogP contribution in [0.1, 0.15) is 20.8 Å². The fourth-order valence-corrected chi connectivity index (χ4v) is 0.618. The van der Waals surface area contributed by atoms with Gasteiger partial charge in [0.2, 0.25) is 0 Å². The Bertz CT molecular complexity index is 184. The first-order valence-electron chi connectivity index (χ1n) is 4.04. The van der Waals surface area contributed by atoms with Crippen molar-refractivity contribution in [2.45, 2.75) is 33.0 Å². The van der Waals surface area contributed by atoms with E-state index in [1.165, 1.54) is 0 Å². The third-order valence-corrected chi connectivity index (χ3v) is 1.26. The molecule has 0 bridgehead atoms. The summed E-state index contributed by atoms with van der Waals surface area (Å²) in [6.07, 6.45) is 3.13. The number of aliphatic hydroxyl groups excluding tert-OH is 1. The summed E-state index contributed by atoms with van der Waals surface area (Å²) >= 11 is 0. The van der Waals surface area contributed by atoms with Crippen molar-refractivity contribution < 1.29 is 9.84 Å². The first kappa shape index (κ1) is 11.2. The summed E-state index contributed by atoms with van der Waals surface area (Å²) in [5, 5.41) is 8.90. The van der Waals surface area contributed by atoms with Gasteiger partial charge in [0.25, 0.3) is 0 Å². The maximum atomic E-state index is 8.90. The molecule has 0 aromatic rings. The van der Waals surface area contributed by atoms with E-state index in [-0.39, 0.29) is 6.10 Å². The monoisotopic (exact) mass is 168 g/mol. The molecule has 12 heavy (non-hydrogen) atoms. The first-order valence-corrected chi connectivity index (χ1v) is 4.04. The molecule has 0 aliphatic rings. The predicted molar refractivity (Wildman–Crippen MR) is 49.7 cm³/mol. The number of hydrogen-bond acceptors (Lipinski definition) is 2. The van der Waals surface area contributed by atoms with Crippen molar-refractivity contribution in [3.63, 3.8) is 0 Å². The zero-order valence-electron chi connectivity index (χ0n) is 7.87. The van der Waals surface area contributed by atoms with Crippen molar-refractivity contribution in [3.05, 3.63) is 12.2 Å². The molecule has 0 rings (SSSR count). The summed E-state index contributed by atoms with van der Waals surface area (Å²) in [6, 6.07) is 0. The van der Waals surface area contributed by atoms with E-state index < -0.39 is 6.10 Å². The lowest BCUT2D eigenvalue weighted by molar-refractivity contribution is 0.126. The average molecular weight is 168 g/mol. The van der Waals surface area contributed by atoms with E-state index in [1.54, 1.807) is 19.9 Å². The van der Waals surface area contributed by atoms with Gasteiger partial charge in [-0.05, 0) is 20.8 Å². The average Bonchev–Trinajstić information content (AvgIpc) is 2.01. The molecule has 0 fully saturated rings. The van der Waals surface area contributed by atoms with Crippen LogP contribution in [-0.4, -0.2) is 23.9 Å². The molecule has 0 saturated carbocycles. The van der Waals surface area contributed by atoms with Crippen molar-refractivity contribution in [3.8, 4) is 11.8 Å². The molecule has 2 heteroatoms. The molecule has 68 valence electrons. The molecule has 2 atom stereocenters. The second-order valence-electron chi connectivity index (χ2n) is 2.57. The lowest BCUT2D eigenvalue weighted by Crippen LogP contribution is -2.06. The Morgan fingerprint density at radius 3 is 2.58 bits per heavy atom. The Labute approximate surface area is 74.2 Å². The molecule has 0 amide bonds. The van der Waals surface area contributed by atoms with Crippen LogP contribution in [0.25, 0.3) is 0 Å². The van der Waals surface area contributed by atoms with Gasteiger partial charge in [-0.1, -0.05) is 18.1 Å². The molecule has 0 spiro atoms. The molecule has 1 N–H and O–H groups in total. The van der Waals surface area contributed by atoms with Crippen LogP contribution < -0.4 is 0 Å². The third kappa shape index (κ3) is 7.33. The quantitative estimate of drug-likeness (QED) is 0.507. The molecule has 0 saturated heterocycles. The number of rotatable bonds is 4. The number of hydrogen-bond donors (Lipinski definition) is 1. The minimum Gasteiger partial charge on any atom is -0.389 e. The third-order valence-electron chi connectivity index (χ3n) is 1.26. The zero-order valence-corrected chi connectivity index (χ0v) is 7.87. The largest absolute Gasteiger partial charge is 0.389 e.